The zero-order chi connectivity index (χ0) is 8.81. The van der Waals surface area contributed by atoms with Crippen molar-refractivity contribution in [2.24, 2.45) is 0 Å². The molecule has 0 fully saturated rings. The third-order valence-electron chi connectivity index (χ3n) is 1.06. The molecular weight excluding hydrogens is 160 g/mol. The number of rotatable bonds is 4. The van der Waals surface area contributed by atoms with Crippen molar-refractivity contribution in [2.45, 2.75) is 0 Å². The highest BCUT2D eigenvalue weighted by atomic mass is 16.6. The molecule has 0 aliphatic carbocycles. The highest BCUT2D eigenvalue weighted by Crippen LogP contribution is 2.04. The standard InChI is InChI=1S/C6H10N4O2/c1-11-9-5-3-4-7-6(8-5)10-12-2/h3-4H,1-2H3,(H2,7,8,9,10). The molecule has 1 heterocycles. The van der Waals surface area contributed by atoms with Crippen LogP contribution in [0.5, 0.6) is 0 Å². The molecule has 2 N–H and O–H groups in total. The topological polar surface area (TPSA) is 68.3 Å². The van der Waals surface area contributed by atoms with E-state index in [0.717, 1.165) is 0 Å². The highest BCUT2D eigenvalue weighted by molar-refractivity contribution is 5.36. The molecule has 6 heteroatoms. The van der Waals surface area contributed by atoms with Gasteiger partial charge in [-0.2, -0.15) is 4.98 Å². The van der Waals surface area contributed by atoms with Gasteiger partial charge >= 0.3 is 0 Å². The van der Waals surface area contributed by atoms with Crippen LogP contribution in [0.2, 0.25) is 0 Å². The third-order valence-corrected chi connectivity index (χ3v) is 1.06. The molecule has 0 aliphatic rings. The normalized spacial score (nSPS) is 9.50. The Labute approximate surface area is 69.8 Å². The van der Waals surface area contributed by atoms with Gasteiger partial charge in [0.25, 0.3) is 0 Å². The summed E-state index contributed by atoms with van der Waals surface area (Å²) in [5.41, 5.74) is 5.05. The number of aromatic nitrogens is 2. The average molecular weight is 170 g/mol. The molecule has 6 nitrogen and oxygen atoms in total. The first-order chi connectivity index (χ1) is 5.86. The fourth-order valence-electron chi connectivity index (χ4n) is 0.661. The molecule has 0 radical (unpaired) electrons. The van der Waals surface area contributed by atoms with Crippen LogP contribution < -0.4 is 11.0 Å². The number of nitrogens with zero attached hydrogens (tertiary/aromatic N) is 2. The Bertz CT molecular complexity index is 221. The van der Waals surface area contributed by atoms with Crippen LogP contribution in [0.15, 0.2) is 12.3 Å². The third kappa shape index (κ3) is 2.33. The Morgan fingerprint density at radius 1 is 1.25 bits per heavy atom. The van der Waals surface area contributed by atoms with E-state index < -0.39 is 0 Å². The van der Waals surface area contributed by atoms with Gasteiger partial charge in [0.1, 0.15) is 0 Å². The summed E-state index contributed by atoms with van der Waals surface area (Å²) < 4.78 is 0. The van der Waals surface area contributed by atoms with E-state index in [1.54, 1.807) is 12.3 Å². The van der Waals surface area contributed by atoms with Gasteiger partial charge in [-0.25, -0.2) is 15.9 Å². The summed E-state index contributed by atoms with van der Waals surface area (Å²) in [4.78, 5) is 17.1. The van der Waals surface area contributed by atoms with Crippen molar-refractivity contribution in [3.05, 3.63) is 12.3 Å². The van der Waals surface area contributed by atoms with E-state index in [9.17, 15) is 0 Å². The van der Waals surface area contributed by atoms with Crippen molar-refractivity contribution in [3.63, 3.8) is 0 Å². The van der Waals surface area contributed by atoms with Gasteiger partial charge < -0.3 is 0 Å². The molecule has 1 rings (SSSR count). The summed E-state index contributed by atoms with van der Waals surface area (Å²) in [6.45, 7) is 0. The predicted molar refractivity (Wildman–Crippen MR) is 43.3 cm³/mol. The molecule has 0 saturated carbocycles. The first kappa shape index (κ1) is 8.69. The zero-order valence-electron chi connectivity index (χ0n) is 6.87. The van der Waals surface area contributed by atoms with Gasteiger partial charge in [-0.1, -0.05) is 0 Å². The van der Waals surface area contributed by atoms with E-state index in [1.807, 2.05) is 0 Å². The minimum atomic E-state index is 0.375. The van der Waals surface area contributed by atoms with E-state index in [2.05, 4.69) is 30.6 Å². The average Bonchev–Trinajstić information content (AvgIpc) is 2.06. The van der Waals surface area contributed by atoms with Crippen LogP contribution in [-0.4, -0.2) is 24.2 Å². The maximum atomic E-state index is 4.65. The summed E-state index contributed by atoms with van der Waals surface area (Å²) in [6, 6.07) is 1.67. The van der Waals surface area contributed by atoms with E-state index in [-0.39, 0.29) is 0 Å². The van der Waals surface area contributed by atoms with Gasteiger partial charge in [0.05, 0.1) is 14.2 Å². The molecule has 0 aliphatic heterocycles. The molecule has 0 amide bonds. The van der Waals surface area contributed by atoms with E-state index in [4.69, 9.17) is 0 Å². The van der Waals surface area contributed by atoms with Crippen molar-refractivity contribution in [2.75, 3.05) is 25.2 Å². The lowest BCUT2D eigenvalue weighted by Gasteiger charge is -2.03. The summed E-state index contributed by atoms with van der Waals surface area (Å²) in [5.74, 6) is 0.937. The van der Waals surface area contributed by atoms with Crippen molar-refractivity contribution >= 4 is 11.8 Å². The Kier molecular flexibility index (Phi) is 3.24. The molecule has 1 aromatic rings. The van der Waals surface area contributed by atoms with Crippen molar-refractivity contribution < 1.29 is 9.68 Å². The summed E-state index contributed by atoms with van der Waals surface area (Å²) >= 11 is 0. The lowest BCUT2D eigenvalue weighted by atomic mass is 10.6. The molecule has 0 aromatic carbocycles. The summed E-state index contributed by atoms with van der Waals surface area (Å²) in [6.07, 6.45) is 1.58. The summed E-state index contributed by atoms with van der Waals surface area (Å²) in [7, 11) is 2.99. The zero-order valence-corrected chi connectivity index (χ0v) is 6.87. The number of hydrogen-bond donors (Lipinski definition) is 2. The van der Waals surface area contributed by atoms with Crippen LogP contribution in [0.4, 0.5) is 11.8 Å². The van der Waals surface area contributed by atoms with Gasteiger partial charge in [-0.3, -0.25) is 9.68 Å². The molecule has 0 unspecified atom stereocenters. The SMILES string of the molecule is CONc1ccnc(NOC)n1. The highest BCUT2D eigenvalue weighted by Gasteiger charge is 1.95. The molecule has 0 atom stereocenters. The molecule has 1 aromatic heterocycles. The lowest BCUT2D eigenvalue weighted by Crippen LogP contribution is -2.04. The maximum Gasteiger partial charge on any atom is 0.249 e. The van der Waals surface area contributed by atoms with Crippen LogP contribution in [-0.2, 0) is 9.68 Å². The first-order valence-corrected chi connectivity index (χ1v) is 3.28. The largest absolute Gasteiger partial charge is 0.278 e. The number of nitrogens with one attached hydrogen (secondary N) is 2. The Balaban J connectivity index is 2.67. The van der Waals surface area contributed by atoms with Crippen molar-refractivity contribution in [1.29, 1.82) is 0 Å². The van der Waals surface area contributed by atoms with Crippen LogP contribution in [0, 0.1) is 0 Å². The predicted octanol–water partition coefficient (Wildman–Crippen LogP) is 0.423. The molecular formula is C6H10N4O2. The van der Waals surface area contributed by atoms with Gasteiger partial charge in [0.15, 0.2) is 5.82 Å². The molecule has 12 heavy (non-hydrogen) atoms. The van der Waals surface area contributed by atoms with Crippen LogP contribution in [0.3, 0.4) is 0 Å². The van der Waals surface area contributed by atoms with Gasteiger partial charge in [0, 0.05) is 12.3 Å². The van der Waals surface area contributed by atoms with Gasteiger partial charge in [0.2, 0.25) is 5.95 Å². The molecule has 0 bridgehead atoms. The fraction of sp³-hybridized carbons (Fsp3) is 0.333. The number of hydrogen-bond acceptors (Lipinski definition) is 6. The Morgan fingerprint density at radius 3 is 2.67 bits per heavy atom. The van der Waals surface area contributed by atoms with Crippen LogP contribution >= 0.6 is 0 Å². The van der Waals surface area contributed by atoms with E-state index >= 15 is 0 Å². The lowest BCUT2D eigenvalue weighted by molar-refractivity contribution is 0.263. The minimum Gasteiger partial charge on any atom is -0.278 e. The van der Waals surface area contributed by atoms with Crippen molar-refractivity contribution in [3.8, 4) is 0 Å². The van der Waals surface area contributed by atoms with Gasteiger partial charge in [-0.15, -0.1) is 0 Å². The van der Waals surface area contributed by atoms with E-state index in [0.29, 0.717) is 11.8 Å². The fourth-order valence-corrected chi connectivity index (χ4v) is 0.661. The number of anilines is 2. The summed E-state index contributed by atoms with van der Waals surface area (Å²) in [5, 5.41) is 0. The Morgan fingerprint density at radius 2 is 2.00 bits per heavy atom. The minimum absolute atomic E-state index is 0.375. The van der Waals surface area contributed by atoms with Crippen LogP contribution in [0.1, 0.15) is 0 Å². The quantitative estimate of drug-likeness (QED) is 0.638. The monoisotopic (exact) mass is 170 g/mol. The Hall–Kier alpha value is -1.40. The van der Waals surface area contributed by atoms with Crippen LogP contribution in [0.25, 0.3) is 0 Å². The molecule has 66 valence electrons. The molecule has 0 spiro atoms. The second kappa shape index (κ2) is 4.47. The smallest absolute Gasteiger partial charge is 0.249 e. The second-order valence-electron chi connectivity index (χ2n) is 1.88. The van der Waals surface area contributed by atoms with Gasteiger partial charge in [-0.05, 0) is 0 Å². The second-order valence-corrected chi connectivity index (χ2v) is 1.88. The maximum absolute atomic E-state index is 4.65. The molecule has 0 saturated heterocycles. The van der Waals surface area contributed by atoms with Crippen molar-refractivity contribution in [1.82, 2.24) is 9.97 Å². The first-order valence-electron chi connectivity index (χ1n) is 3.28. The van der Waals surface area contributed by atoms with E-state index in [1.165, 1.54) is 14.2 Å².